The van der Waals surface area contributed by atoms with E-state index in [9.17, 15) is 19.7 Å². The molecule has 2 aromatic carbocycles. The molecule has 1 aromatic heterocycles. The van der Waals surface area contributed by atoms with E-state index in [0.29, 0.717) is 22.7 Å². The van der Waals surface area contributed by atoms with Crippen LogP contribution < -0.4 is 10.6 Å². The van der Waals surface area contributed by atoms with Gasteiger partial charge in [0.25, 0.3) is 17.5 Å². The molecule has 0 spiro atoms. The first-order chi connectivity index (χ1) is 15.5. The highest BCUT2D eigenvalue weighted by atomic mass is 32.1. The first kappa shape index (κ1) is 21.7. The van der Waals surface area contributed by atoms with Gasteiger partial charge in [-0.05, 0) is 49.8 Å². The van der Waals surface area contributed by atoms with Gasteiger partial charge in [-0.15, -0.1) is 11.3 Å². The van der Waals surface area contributed by atoms with E-state index in [1.807, 2.05) is 30.3 Å². The Morgan fingerprint density at radius 3 is 2.53 bits per heavy atom. The Bertz CT molecular complexity index is 1190. The third kappa shape index (κ3) is 4.40. The van der Waals surface area contributed by atoms with Crippen LogP contribution >= 0.6 is 11.3 Å². The number of fused-ring (bicyclic) bond motifs is 1. The molecule has 0 atom stereocenters. The van der Waals surface area contributed by atoms with Crippen molar-refractivity contribution in [1.29, 1.82) is 0 Å². The van der Waals surface area contributed by atoms with Gasteiger partial charge < -0.3 is 10.6 Å². The molecule has 3 aromatic rings. The lowest BCUT2D eigenvalue weighted by atomic mass is 9.95. The minimum atomic E-state index is -0.502. The molecule has 8 heteroatoms. The SMILES string of the molecule is Cc1c(C(=O)Nc2sc3c(c2C(=O)NCc2ccccc2)CCCC3)cccc1[N+](=O)[O-]. The molecule has 0 fully saturated rings. The Labute approximate surface area is 189 Å². The van der Waals surface area contributed by atoms with E-state index in [-0.39, 0.29) is 17.2 Å². The first-order valence-corrected chi connectivity index (χ1v) is 11.3. The Morgan fingerprint density at radius 2 is 1.78 bits per heavy atom. The molecule has 1 heterocycles. The highest BCUT2D eigenvalue weighted by Gasteiger charge is 2.27. The summed E-state index contributed by atoms with van der Waals surface area (Å²) in [5.74, 6) is -0.679. The van der Waals surface area contributed by atoms with Crippen LogP contribution in [0.2, 0.25) is 0 Å². The van der Waals surface area contributed by atoms with Crippen LogP contribution in [0, 0.1) is 17.0 Å². The van der Waals surface area contributed by atoms with Gasteiger partial charge in [0.1, 0.15) is 5.00 Å². The van der Waals surface area contributed by atoms with Crippen molar-refractivity contribution in [2.45, 2.75) is 39.2 Å². The minimum absolute atomic E-state index is 0.107. The maximum absolute atomic E-state index is 13.2. The maximum Gasteiger partial charge on any atom is 0.273 e. The number of benzene rings is 2. The Kier molecular flexibility index (Phi) is 6.32. The summed E-state index contributed by atoms with van der Waals surface area (Å²) in [4.78, 5) is 38.0. The normalized spacial score (nSPS) is 12.7. The number of nitrogens with one attached hydrogen (secondary N) is 2. The van der Waals surface area contributed by atoms with Crippen LogP contribution in [0.1, 0.15) is 55.1 Å². The van der Waals surface area contributed by atoms with E-state index in [2.05, 4.69) is 10.6 Å². The summed E-state index contributed by atoms with van der Waals surface area (Å²) in [5, 5.41) is 17.6. The summed E-state index contributed by atoms with van der Waals surface area (Å²) >= 11 is 1.42. The monoisotopic (exact) mass is 449 g/mol. The van der Waals surface area contributed by atoms with Crippen molar-refractivity contribution in [3.8, 4) is 0 Å². The third-order valence-electron chi connectivity index (χ3n) is 5.67. The van der Waals surface area contributed by atoms with Gasteiger partial charge in [-0.25, -0.2) is 0 Å². The maximum atomic E-state index is 13.2. The van der Waals surface area contributed by atoms with Crippen molar-refractivity contribution in [3.05, 3.63) is 91.3 Å². The smallest absolute Gasteiger partial charge is 0.273 e. The molecule has 0 aliphatic heterocycles. The predicted octanol–water partition coefficient (Wildman–Crippen LogP) is 5.03. The molecule has 0 saturated carbocycles. The number of aryl methyl sites for hydroxylation is 1. The number of nitrogens with zero attached hydrogens (tertiary/aromatic N) is 1. The molecule has 2 N–H and O–H groups in total. The Morgan fingerprint density at radius 1 is 1.03 bits per heavy atom. The van der Waals surface area contributed by atoms with Gasteiger partial charge in [0.2, 0.25) is 0 Å². The second kappa shape index (κ2) is 9.32. The second-order valence-electron chi connectivity index (χ2n) is 7.74. The van der Waals surface area contributed by atoms with Crippen molar-refractivity contribution in [1.82, 2.24) is 5.32 Å². The fourth-order valence-corrected chi connectivity index (χ4v) is 5.28. The number of carbonyl (C=O) groups excluding carboxylic acids is 2. The van der Waals surface area contributed by atoms with Crippen molar-refractivity contribution in [2.24, 2.45) is 0 Å². The molecule has 7 nitrogen and oxygen atoms in total. The van der Waals surface area contributed by atoms with Gasteiger partial charge in [-0.2, -0.15) is 0 Å². The highest BCUT2D eigenvalue weighted by molar-refractivity contribution is 7.17. The molecule has 0 saturated heterocycles. The van der Waals surface area contributed by atoms with Crippen LogP contribution in [0.25, 0.3) is 0 Å². The number of hydrogen-bond donors (Lipinski definition) is 2. The molecule has 4 rings (SSSR count). The fourth-order valence-electron chi connectivity index (χ4n) is 4.00. The number of amides is 2. The van der Waals surface area contributed by atoms with Gasteiger partial charge in [-0.1, -0.05) is 36.4 Å². The lowest BCUT2D eigenvalue weighted by Crippen LogP contribution is -2.25. The molecule has 0 radical (unpaired) electrons. The average Bonchev–Trinajstić information content (AvgIpc) is 3.15. The predicted molar refractivity (Wildman–Crippen MR) is 124 cm³/mol. The topological polar surface area (TPSA) is 101 Å². The van der Waals surface area contributed by atoms with Crippen LogP contribution in [-0.4, -0.2) is 16.7 Å². The van der Waals surface area contributed by atoms with Gasteiger partial charge in [0.15, 0.2) is 0 Å². The summed E-state index contributed by atoms with van der Waals surface area (Å²) in [6, 6.07) is 14.1. The van der Waals surface area contributed by atoms with Crippen LogP contribution in [0.15, 0.2) is 48.5 Å². The zero-order chi connectivity index (χ0) is 22.7. The van der Waals surface area contributed by atoms with E-state index in [4.69, 9.17) is 0 Å². The fraction of sp³-hybridized carbons (Fsp3) is 0.250. The molecule has 1 aliphatic carbocycles. The Hall–Kier alpha value is -3.52. The number of hydrogen-bond acceptors (Lipinski definition) is 5. The standard InChI is InChI=1S/C24H23N3O4S/c1-15-17(11-7-12-19(15)27(30)31)22(28)26-24-21(18-10-5-6-13-20(18)32-24)23(29)25-14-16-8-3-2-4-9-16/h2-4,7-9,11-12H,5-6,10,13-14H2,1H3,(H,25,29)(H,26,28). The largest absolute Gasteiger partial charge is 0.348 e. The summed E-state index contributed by atoms with van der Waals surface area (Å²) in [5.41, 5.74) is 2.91. The highest BCUT2D eigenvalue weighted by Crippen LogP contribution is 2.38. The third-order valence-corrected chi connectivity index (χ3v) is 6.88. The minimum Gasteiger partial charge on any atom is -0.348 e. The molecule has 1 aliphatic rings. The molecule has 0 bridgehead atoms. The summed E-state index contributed by atoms with van der Waals surface area (Å²) in [7, 11) is 0. The van der Waals surface area contributed by atoms with E-state index in [1.54, 1.807) is 13.0 Å². The molecular weight excluding hydrogens is 426 g/mol. The van der Waals surface area contributed by atoms with E-state index >= 15 is 0 Å². The van der Waals surface area contributed by atoms with Crippen molar-refractivity contribution in [3.63, 3.8) is 0 Å². The summed E-state index contributed by atoms with van der Waals surface area (Å²) < 4.78 is 0. The lowest BCUT2D eigenvalue weighted by Gasteiger charge is -2.13. The molecule has 164 valence electrons. The zero-order valence-corrected chi connectivity index (χ0v) is 18.5. The molecule has 32 heavy (non-hydrogen) atoms. The molecule has 2 amide bonds. The summed E-state index contributed by atoms with van der Waals surface area (Å²) in [6.07, 6.45) is 3.73. The van der Waals surface area contributed by atoms with E-state index in [0.717, 1.165) is 41.7 Å². The van der Waals surface area contributed by atoms with E-state index in [1.165, 1.54) is 23.5 Å². The number of nitro benzene ring substituents is 1. The van der Waals surface area contributed by atoms with Crippen LogP contribution in [0.5, 0.6) is 0 Å². The van der Waals surface area contributed by atoms with Crippen LogP contribution in [0.4, 0.5) is 10.7 Å². The van der Waals surface area contributed by atoms with Gasteiger partial charge in [0, 0.05) is 28.6 Å². The van der Waals surface area contributed by atoms with Crippen LogP contribution in [-0.2, 0) is 19.4 Å². The first-order valence-electron chi connectivity index (χ1n) is 10.5. The average molecular weight is 450 g/mol. The number of nitro groups is 1. The number of thiophene rings is 1. The van der Waals surface area contributed by atoms with Crippen molar-refractivity contribution in [2.75, 3.05) is 5.32 Å². The van der Waals surface area contributed by atoms with Crippen LogP contribution in [0.3, 0.4) is 0 Å². The zero-order valence-electron chi connectivity index (χ0n) is 17.6. The number of carbonyl (C=O) groups is 2. The molecule has 0 unspecified atom stereocenters. The second-order valence-corrected chi connectivity index (χ2v) is 8.85. The van der Waals surface area contributed by atoms with Gasteiger partial charge in [-0.3, -0.25) is 19.7 Å². The summed E-state index contributed by atoms with van der Waals surface area (Å²) in [6.45, 7) is 1.95. The molecular formula is C24H23N3O4S. The number of anilines is 1. The van der Waals surface area contributed by atoms with Crippen molar-refractivity contribution >= 4 is 33.8 Å². The van der Waals surface area contributed by atoms with Crippen molar-refractivity contribution < 1.29 is 14.5 Å². The number of rotatable bonds is 6. The Balaban J connectivity index is 1.62. The van der Waals surface area contributed by atoms with Gasteiger partial charge in [0.05, 0.1) is 10.5 Å². The van der Waals surface area contributed by atoms with Gasteiger partial charge >= 0.3 is 0 Å². The van der Waals surface area contributed by atoms with E-state index < -0.39 is 10.8 Å². The quantitative estimate of drug-likeness (QED) is 0.407. The lowest BCUT2D eigenvalue weighted by molar-refractivity contribution is -0.385.